The van der Waals surface area contributed by atoms with Crippen LogP contribution in [0.4, 0.5) is 0 Å². The van der Waals surface area contributed by atoms with Gasteiger partial charge in [-0.05, 0) is 31.4 Å². The molecule has 100 valence electrons. The summed E-state index contributed by atoms with van der Waals surface area (Å²) in [6, 6.07) is 3.92. The van der Waals surface area contributed by atoms with E-state index >= 15 is 0 Å². The fourth-order valence-electron chi connectivity index (χ4n) is 2.48. The summed E-state index contributed by atoms with van der Waals surface area (Å²) in [6.45, 7) is 0.490. The first-order chi connectivity index (χ1) is 8.64. The second-order valence-electron chi connectivity index (χ2n) is 4.81. The van der Waals surface area contributed by atoms with Gasteiger partial charge in [-0.15, -0.1) is 0 Å². The fourth-order valence-corrected chi connectivity index (χ4v) is 2.48. The normalized spacial score (nSPS) is 17.1. The van der Waals surface area contributed by atoms with Crippen LogP contribution in [-0.4, -0.2) is 21.3 Å². The van der Waals surface area contributed by atoms with Gasteiger partial charge in [0.25, 0.3) is 0 Å². The molecular formula is C14H21NO3. The van der Waals surface area contributed by atoms with Crippen LogP contribution < -0.4 is 15.2 Å². The van der Waals surface area contributed by atoms with Crippen LogP contribution in [0.1, 0.15) is 30.4 Å². The third-order valence-corrected chi connectivity index (χ3v) is 3.66. The summed E-state index contributed by atoms with van der Waals surface area (Å²) in [6.07, 6.45) is 3.14. The molecule has 1 fully saturated rings. The van der Waals surface area contributed by atoms with Gasteiger partial charge in [0, 0.05) is 23.8 Å². The van der Waals surface area contributed by atoms with E-state index in [0.717, 1.165) is 41.9 Å². The average molecular weight is 251 g/mol. The first-order valence-corrected chi connectivity index (χ1v) is 6.18. The molecule has 1 aliphatic rings. The number of benzene rings is 1. The molecule has 1 saturated carbocycles. The monoisotopic (exact) mass is 251 g/mol. The minimum absolute atomic E-state index is 0.275. The Morgan fingerprint density at radius 1 is 1.17 bits per heavy atom. The van der Waals surface area contributed by atoms with Gasteiger partial charge < -0.3 is 19.9 Å². The molecule has 2 rings (SSSR count). The topological polar surface area (TPSA) is 53.7 Å². The van der Waals surface area contributed by atoms with Gasteiger partial charge in [-0.25, -0.2) is 0 Å². The van der Waals surface area contributed by atoms with Gasteiger partial charge in [0.2, 0.25) is 0 Å². The van der Waals surface area contributed by atoms with Crippen LogP contribution in [-0.2, 0) is 16.9 Å². The maximum absolute atomic E-state index is 6.41. The zero-order valence-electron chi connectivity index (χ0n) is 11.3. The highest BCUT2D eigenvalue weighted by Crippen LogP contribution is 2.45. The molecule has 0 aromatic heterocycles. The molecule has 4 nitrogen and oxygen atoms in total. The zero-order chi connectivity index (χ0) is 13.2. The lowest BCUT2D eigenvalue weighted by Gasteiger charge is -2.40. The highest BCUT2D eigenvalue weighted by Gasteiger charge is 2.37. The molecule has 0 spiro atoms. The molecule has 0 aliphatic heterocycles. The van der Waals surface area contributed by atoms with E-state index in [1.165, 1.54) is 0 Å². The summed E-state index contributed by atoms with van der Waals surface area (Å²) in [5, 5.41) is 0. The Bertz CT molecular complexity index is 427. The highest BCUT2D eigenvalue weighted by atomic mass is 16.5. The molecule has 0 heterocycles. The lowest BCUT2D eigenvalue weighted by Crippen LogP contribution is -2.43. The predicted molar refractivity (Wildman–Crippen MR) is 70.0 cm³/mol. The van der Waals surface area contributed by atoms with Crippen molar-refractivity contribution in [2.24, 2.45) is 5.73 Å². The maximum Gasteiger partial charge on any atom is 0.129 e. The molecule has 0 saturated heterocycles. The molecule has 0 radical (unpaired) electrons. The first kappa shape index (κ1) is 13.2. The van der Waals surface area contributed by atoms with E-state index in [-0.39, 0.29) is 5.54 Å². The van der Waals surface area contributed by atoms with Crippen molar-refractivity contribution in [2.75, 3.05) is 21.3 Å². The van der Waals surface area contributed by atoms with Crippen molar-refractivity contribution in [3.63, 3.8) is 0 Å². The maximum atomic E-state index is 6.41. The molecule has 0 unspecified atom stereocenters. The Balaban J connectivity index is 2.50. The summed E-state index contributed by atoms with van der Waals surface area (Å²) in [5.41, 5.74) is 8.15. The first-order valence-electron chi connectivity index (χ1n) is 6.18. The molecule has 2 N–H and O–H groups in total. The number of rotatable bonds is 5. The van der Waals surface area contributed by atoms with Gasteiger partial charge in [-0.3, -0.25) is 0 Å². The molecule has 4 heteroatoms. The molecule has 0 atom stereocenters. The van der Waals surface area contributed by atoms with Crippen LogP contribution in [0.25, 0.3) is 0 Å². The summed E-state index contributed by atoms with van der Waals surface area (Å²) in [7, 11) is 5.00. The quantitative estimate of drug-likeness (QED) is 0.871. The van der Waals surface area contributed by atoms with E-state index in [1.54, 1.807) is 21.3 Å². The Morgan fingerprint density at radius 2 is 1.89 bits per heavy atom. The molecule has 0 bridgehead atoms. The van der Waals surface area contributed by atoms with Gasteiger partial charge in [-0.2, -0.15) is 0 Å². The van der Waals surface area contributed by atoms with E-state index in [4.69, 9.17) is 19.9 Å². The number of ether oxygens (including phenoxy) is 3. The number of hydrogen-bond donors (Lipinski definition) is 1. The number of hydrogen-bond acceptors (Lipinski definition) is 4. The van der Waals surface area contributed by atoms with Crippen molar-refractivity contribution in [2.45, 2.75) is 31.4 Å². The van der Waals surface area contributed by atoms with E-state index < -0.39 is 0 Å². The second-order valence-corrected chi connectivity index (χ2v) is 4.81. The van der Waals surface area contributed by atoms with Gasteiger partial charge in [0.05, 0.1) is 20.8 Å². The van der Waals surface area contributed by atoms with Crippen molar-refractivity contribution < 1.29 is 14.2 Å². The molecule has 18 heavy (non-hydrogen) atoms. The van der Waals surface area contributed by atoms with Crippen molar-refractivity contribution in [3.05, 3.63) is 23.3 Å². The van der Waals surface area contributed by atoms with Crippen LogP contribution in [0.5, 0.6) is 11.5 Å². The lowest BCUT2D eigenvalue weighted by atomic mass is 9.72. The van der Waals surface area contributed by atoms with Crippen molar-refractivity contribution in [1.29, 1.82) is 0 Å². The Labute approximate surface area is 108 Å². The van der Waals surface area contributed by atoms with Crippen molar-refractivity contribution >= 4 is 0 Å². The largest absolute Gasteiger partial charge is 0.497 e. The molecule has 1 aliphatic carbocycles. The van der Waals surface area contributed by atoms with Gasteiger partial charge in [-0.1, -0.05) is 0 Å². The van der Waals surface area contributed by atoms with E-state index in [1.807, 2.05) is 12.1 Å². The summed E-state index contributed by atoms with van der Waals surface area (Å²) in [5.74, 6) is 1.63. The minimum Gasteiger partial charge on any atom is -0.497 e. The highest BCUT2D eigenvalue weighted by molar-refractivity contribution is 5.51. The average Bonchev–Trinajstić information content (AvgIpc) is 2.35. The van der Waals surface area contributed by atoms with Gasteiger partial charge in [0.15, 0.2) is 0 Å². The summed E-state index contributed by atoms with van der Waals surface area (Å²) in [4.78, 5) is 0. The standard InChI is InChI=1S/C14H21NO3/c1-16-9-10-7-11(17-2)8-12(13(10)18-3)14(15)5-4-6-14/h7-8H,4-6,9,15H2,1-3H3. The summed E-state index contributed by atoms with van der Waals surface area (Å²) < 4.78 is 16.1. The van der Waals surface area contributed by atoms with E-state index in [9.17, 15) is 0 Å². The summed E-state index contributed by atoms with van der Waals surface area (Å²) >= 11 is 0. The van der Waals surface area contributed by atoms with Crippen LogP contribution in [0.2, 0.25) is 0 Å². The minimum atomic E-state index is -0.275. The Kier molecular flexibility index (Phi) is 3.78. The Morgan fingerprint density at radius 3 is 2.33 bits per heavy atom. The smallest absolute Gasteiger partial charge is 0.129 e. The van der Waals surface area contributed by atoms with Crippen LogP contribution in [0.3, 0.4) is 0 Å². The van der Waals surface area contributed by atoms with Crippen LogP contribution in [0, 0.1) is 0 Å². The van der Waals surface area contributed by atoms with E-state index in [2.05, 4.69) is 0 Å². The molecule has 0 amide bonds. The zero-order valence-corrected chi connectivity index (χ0v) is 11.3. The van der Waals surface area contributed by atoms with E-state index in [0.29, 0.717) is 6.61 Å². The third kappa shape index (κ3) is 2.18. The second kappa shape index (κ2) is 5.16. The SMILES string of the molecule is COCc1cc(OC)cc(C2(N)CCC2)c1OC. The van der Waals surface area contributed by atoms with Crippen LogP contribution >= 0.6 is 0 Å². The molecule has 1 aromatic rings. The lowest BCUT2D eigenvalue weighted by molar-refractivity contribution is 0.179. The van der Waals surface area contributed by atoms with Gasteiger partial charge in [0.1, 0.15) is 11.5 Å². The Hall–Kier alpha value is -1.26. The van der Waals surface area contributed by atoms with Crippen molar-refractivity contribution in [3.8, 4) is 11.5 Å². The predicted octanol–water partition coefficient (Wildman–Crippen LogP) is 2.19. The molecular weight excluding hydrogens is 230 g/mol. The van der Waals surface area contributed by atoms with Crippen molar-refractivity contribution in [1.82, 2.24) is 0 Å². The van der Waals surface area contributed by atoms with Crippen LogP contribution in [0.15, 0.2) is 12.1 Å². The number of methoxy groups -OCH3 is 3. The molecule has 1 aromatic carbocycles. The third-order valence-electron chi connectivity index (χ3n) is 3.66. The van der Waals surface area contributed by atoms with Gasteiger partial charge >= 0.3 is 0 Å². The fraction of sp³-hybridized carbons (Fsp3) is 0.571. The number of nitrogens with two attached hydrogens (primary N) is 1.